The largest absolute Gasteiger partial charge is 0.490 e. The van der Waals surface area contributed by atoms with Crippen LogP contribution in [0.4, 0.5) is 4.79 Å². The number of amides is 1. The monoisotopic (exact) mass is 653 g/mol. The van der Waals surface area contributed by atoms with Crippen LogP contribution in [0, 0.1) is 0 Å². The third-order valence-corrected chi connectivity index (χ3v) is 10.5. The number of pyridine rings is 1. The highest BCUT2D eigenvalue weighted by Gasteiger charge is 2.48. The smallest absolute Gasteiger partial charge is 0.410 e. The molecule has 1 aliphatic heterocycles. The minimum atomic E-state index is -3.84. The maximum Gasteiger partial charge on any atom is 0.410 e. The summed E-state index contributed by atoms with van der Waals surface area (Å²) >= 11 is 6.59. The van der Waals surface area contributed by atoms with Crippen molar-refractivity contribution in [2.45, 2.75) is 81.7 Å². The van der Waals surface area contributed by atoms with Gasteiger partial charge in [-0.15, -0.1) is 0 Å². The number of hydrogen-bond donors (Lipinski definition) is 0. The summed E-state index contributed by atoms with van der Waals surface area (Å²) in [6.45, 7) is 6.73. The zero-order valence-corrected chi connectivity index (χ0v) is 27.6. The molecule has 3 aliphatic rings. The molecule has 0 atom stereocenters. The summed E-state index contributed by atoms with van der Waals surface area (Å²) in [5.41, 5.74) is 2.43. The lowest BCUT2D eigenvalue weighted by Gasteiger charge is -2.26. The average molecular weight is 654 g/mol. The second kappa shape index (κ2) is 12.5. The lowest BCUT2D eigenvalue weighted by Crippen LogP contribution is -2.40. The van der Waals surface area contributed by atoms with E-state index in [1.54, 1.807) is 23.2 Å². The fourth-order valence-corrected chi connectivity index (χ4v) is 7.28. The van der Waals surface area contributed by atoms with Crippen LogP contribution in [0.15, 0.2) is 65.8 Å². The first-order valence-electron chi connectivity index (χ1n) is 15.6. The van der Waals surface area contributed by atoms with Crippen LogP contribution in [0.2, 0.25) is 5.02 Å². The maximum absolute atomic E-state index is 13.7. The van der Waals surface area contributed by atoms with Gasteiger partial charge >= 0.3 is 6.09 Å². The van der Waals surface area contributed by atoms with Gasteiger partial charge < -0.3 is 19.1 Å². The number of carbonyl (C=O) groups excluding carboxylic acids is 1. The predicted molar refractivity (Wildman–Crippen MR) is 172 cm³/mol. The van der Waals surface area contributed by atoms with E-state index < -0.39 is 27.3 Å². The van der Waals surface area contributed by atoms with E-state index in [9.17, 15) is 13.2 Å². The van der Waals surface area contributed by atoms with Gasteiger partial charge in [-0.1, -0.05) is 29.8 Å². The average Bonchev–Trinajstić information content (AvgIpc) is 3.92. The van der Waals surface area contributed by atoms with Gasteiger partial charge in [0.2, 0.25) is 10.0 Å². The molecule has 0 N–H and O–H groups in total. The molecule has 2 aromatic carbocycles. The van der Waals surface area contributed by atoms with Crippen LogP contribution in [0.1, 0.15) is 64.0 Å². The van der Waals surface area contributed by atoms with Crippen LogP contribution in [0.5, 0.6) is 5.75 Å². The summed E-state index contributed by atoms with van der Waals surface area (Å²) in [5, 5.41) is 0.436. The number of nitrogens with zero attached hydrogens (tertiary/aromatic N) is 3. The third-order valence-electron chi connectivity index (χ3n) is 8.28. The van der Waals surface area contributed by atoms with Gasteiger partial charge in [-0.25, -0.2) is 13.2 Å². The second-order valence-corrected chi connectivity index (χ2v) is 15.3. The summed E-state index contributed by atoms with van der Waals surface area (Å²) in [6, 6.07) is 14.8. The number of rotatable bonds is 9. The summed E-state index contributed by atoms with van der Waals surface area (Å²) in [6.07, 6.45) is 7.76. The Balaban J connectivity index is 1.18. The molecular weight excluding hydrogens is 614 g/mol. The van der Waals surface area contributed by atoms with E-state index in [4.69, 9.17) is 25.8 Å². The van der Waals surface area contributed by atoms with Crippen molar-refractivity contribution in [2.75, 3.05) is 26.2 Å². The molecule has 9 nitrogen and oxygen atoms in total. The first-order chi connectivity index (χ1) is 21.5. The fourth-order valence-electron chi connectivity index (χ4n) is 5.59. The highest BCUT2D eigenvalue weighted by atomic mass is 35.5. The number of para-hydroxylation sites is 1. The van der Waals surface area contributed by atoms with Gasteiger partial charge in [-0.2, -0.15) is 4.31 Å². The van der Waals surface area contributed by atoms with Crippen LogP contribution in [-0.2, 0) is 31.7 Å². The second-order valence-electron chi connectivity index (χ2n) is 13.0. The van der Waals surface area contributed by atoms with Crippen molar-refractivity contribution in [3.8, 4) is 16.9 Å². The molecule has 11 heteroatoms. The first-order valence-corrected chi connectivity index (χ1v) is 17.4. The number of aromatic nitrogens is 1. The molecule has 1 aromatic heterocycles. The number of carbonyl (C=O) groups is 1. The Hall–Kier alpha value is -3.18. The number of ether oxygens (including phenoxy) is 3. The Morgan fingerprint density at radius 2 is 1.80 bits per heavy atom. The lowest BCUT2D eigenvalue weighted by atomic mass is 9.96. The minimum Gasteiger partial charge on any atom is -0.490 e. The van der Waals surface area contributed by atoms with Gasteiger partial charge in [0.05, 0.1) is 23.2 Å². The minimum absolute atomic E-state index is 0.142. The normalized spacial score (nSPS) is 18.7. The Labute approximate surface area is 270 Å². The molecule has 2 saturated carbocycles. The zero-order chi connectivity index (χ0) is 31.8. The molecule has 3 fully saturated rings. The molecule has 1 saturated heterocycles. The van der Waals surface area contributed by atoms with Gasteiger partial charge in [0.15, 0.2) is 0 Å². The molecule has 2 heterocycles. The number of benzene rings is 2. The summed E-state index contributed by atoms with van der Waals surface area (Å²) in [7, 11) is -3.84. The molecule has 0 spiro atoms. The van der Waals surface area contributed by atoms with E-state index in [2.05, 4.69) is 11.1 Å². The van der Waals surface area contributed by atoms with Crippen molar-refractivity contribution in [3.63, 3.8) is 0 Å². The third kappa shape index (κ3) is 7.30. The molecule has 2 aliphatic carbocycles. The van der Waals surface area contributed by atoms with E-state index >= 15 is 0 Å². The quantitative estimate of drug-likeness (QED) is 0.251. The van der Waals surface area contributed by atoms with Crippen molar-refractivity contribution >= 4 is 27.7 Å². The molecule has 45 heavy (non-hydrogen) atoms. The Bertz CT molecular complexity index is 1670. The van der Waals surface area contributed by atoms with Crippen LogP contribution in [0.25, 0.3) is 11.1 Å². The van der Waals surface area contributed by atoms with Crippen molar-refractivity contribution in [2.24, 2.45) is 0 Å². The highest BCUT2D eigenvalue weighted by molar-refractivity contribution is 7.89. The van der Waals surface area contributed by atoms with Crippen molar-refractivity contribution < 1.29 is 27.4 Å². The van der Waals surface area contributed by atoms with Gasteiger partial charge in [0.25, 0.3) is 0 Å². The van der Waals surface area contributed by atoms with Gasteiger partial charge in [0, 0.05) is 54.7 Å². The number of hydrogen-bond acceptors (Lipinski definition) is 7. The maximum atomic E-state index is 13.7. The van der Waals surface area contributed by atoms with E-state index in [1.807, 2.05) is 51.2 Å². The lowest BCUT2D eigenvalue weighted by molar-refractivity contribution is 0.0173. The van der Waals surface area contributed by atoms with E-state index in [0.29, 0.717) is 30.1 Å². The van der Waals surface area contributed by atoms with Crippen LogP contribution >= 0.6 is 11.6 Å². The van der Waals surface area contributed by atoms with Gasteiger partial charge in [0.1, 0.15) is 11.4 Å². The molecule has 1 amide bonds. The van der Waals surface area contributed by atoms with Crippen molar-refractivity contribution in [1.82, 2.24) is 14.2 Å². The van der Waals surface area contributed by atoms with Crippen molar-refractivity contribution in [3.05, 3.63) is 77.1 Å². The number of halogens is 1. The van der Waals surface area contributed by atoms with Crippen molar-refractivity contribution in [1.29, 1.82) is 0 Å². The van der Waals surface area contributed by atoms with Crippen LogP contribution in [-0.4, -0.2) is 66.6 Å². The molecular formula is C34H40ClN3O6S. The van der Waals surface area contributed by atoms with E-state index in [-0.39, 0.29) is 30.7 Å². The van der Waals surface area contributed by atoms with E-state index in [1.165, 1.54) is 10.4 Å². The van der Waals surface area contributed by atoms with Gasteiger partial charge in [-0.3, -0.25) is 4.98 Å². The Kier molecular flexibility index (Phi) is 8.86. The first kappa shape index (κ1) is 31.8. The highest BCUT2D eigenvalue weighted by Crippen LogP contribution is 2.53. The molecule has 3 aromatic rings. The van der Waals surface area contributed by atoms with Gasteiger partial charge in [-0.05, 0) is 94.3 Å². The predicted octanol–water partition coefficient (Wildman–Crippen LogP) is 6.78. The zero-order valence-electron chi connectivity index (χ0n) is 26.0. The molecule has 240 valence electrons. The summed E-state index contributed by atoms with van der Waals surface area (Å²) in [4.78, 5) is 18.7. The Morgan fingerprint density at radius 3 is 2.53 bits per heavy atom. The molecule has 0 bridgehead atoms. The molecule has 0 radical (unpaired) electrons. The SMILES string of the molecule is CC(C)(C)OC(=O)N1CCCN(S(=O)(=O)c2ccc(Cl)c(COC3(c4cnccc4-c4ccccc4OC4CC4)CC3)c2)CC1. The molecule has 0 unspecified atom stereocenters. The van der Waals surface area contributed by atoms with Crippen LogP contribution in [0.3, 0.4) is 0 Å². The van der Waals surface area contributed by atoms with Crippen LogP contribution < -0.4 is 4.74 Å². The van der Waals surface area contributed by atoms with E-state index in [0.717, 1.165) is 48.1 Å². The fraction of sp³-hybridized carbons (Fsp3) is 0.471. The standard InChI is InChI=1S/C34H40ClN3O6S/c1-33(2,3)44-32(39)37-17-6-18-38(20-19-37)45(40,41)26-11-12-30(35)24(21-26)23-42-34(14-15-34)29-22-36-16-13-27(29)28-7-4-5-8-31(28)43-25-9-10-25/h4-5,7-8,11-13,16,21-22,25H,6,9-10,14-15,17-20,23H2,1-3H3. The molecule has 6 rings (SSSR count). The summed E-state index contributed by atoms with van der Waals surface area (Å²) in [5.74, 6) is 0.854. The Morgan fingerprint density at radius 1 is 1.02 bits per heavy atom. The summed E-state index contributed by atoms with van der Waals surface area (Å²) < 4.78 is 47.2. The number of sulfonamides is 1. The topological polar surface area (TPSA) is 98.3 Å².